The first-order valence-corrected chi connectivity index (χ1v) is 6.31. The summed E-state index contributed by atoms with van der Waals surface area (Å²) in [6, 6.07) is 3.85. The predicted molar refractivity (Wildman–Crippen MR) is 70.9 cm³/mol. The highest BCUT2D eigenvalue weighted by molar-refractivity contribution is 5.55. The van der Waals surface area contributed by atoms with Crippen LogP contribution in [0.1, 0.15) is 24.3 Å². The Morgan fingerprint density at radius 2 is 1.56 bits per heavy atom. The summed E-state index contributed by atoms with van der Waals surface area (Å²) in [5, 5.41) is 3.38. The van der Waals surface area contributed by atoms with E-state index in [4.69, 9.17) is 14.2 Å². The number of ether oxygens (including phenoxy) is 3. The molecule has 4 nitrogen and oxygen atoms in total. The summed E-state index contributed by atoms with van der Waals surface area (Å²) in [4.78, 5) is 0. The fourth-order valence-corrected chi connectivity index (χ4v) is 2.61. The third-order valence-electron chi connectivity index (χ3n) is 3.51. The summed E-state index contributed by atoms with van der Waals surface area (Å²) in [6.07, 6.45) is 2.19. The molecule has 0 amide bonds. The summed E-state index contributed by atoms with van der Waals surface area (Å²) >= 11 is 0. The Kier molecular flexibility index (Phi) is 4.31. The molecule has 0 bridgehead atoms. The van der Waals surface area contributed by atoms with Gasteiger partial charge in [0.2, 0.25) is 0 Å². The summed E-state index contributed by atoms with van der Waals surface area (Å²) in [5.41, 5.74) is 1.14. The maximum atomic E-state index is 5.54. The molecule has 0 saturated carbocycles. The molecule has 0 atom stereocenters. The average molecular weight is 251 g/mol. The van der Waals surface area contributed by atoms with Crippen LogP contribution in [0.15, 0.2) is 12.1 Å². The summed E-state index contributed by atoms with van der Waals surface area (Å²) < 4.78 is 16.4. The number of benzene rings is 1. The average Bonchev–Trinajstić information content (AvgIpc) is 2.46. The molecule has 0 spiro atoms. The normalized spacial score (nSPS) is 16.4. The highest BCUT2D eigenvalue weighted by atomic mass is 16.5. The van der Waals surface area contributed by atoms with Gasteiger partial charge in [0.15, 0.2) is 11.5 Å². The number of piperidine rings is 1. The van der Waals surface area contributed by atoms with E-state index in [9.17, 15) is 0 Å². The fourth-order valence-electron chi connectivity index (χ4n) is 2.61. The van der Waals surface area contributed by atoms with Crippen LogP contribution in [0.5, 0.6) is 17.2 Å². The van der Waals surface area contributed by atoms with Gasteiger partial charge in [0.1, 0.15) is 5.75 Å². The minimum Gasteiger partial charge on any atom is -0.496 e. The van der Waals surface area contributed by atoms with Gasteiger partial charge in [-0.1, -0.05) is 0 Å². The molecule has 0 aromatic heterocycles. The number of hydrogen-bond donors (Lipinski definition) is 1. The predicted octanol–water partition coefficient (Wildman–Crippen LogP) is 2.18. The van der Waals surface area contributed by atoms with E-state index in [1.54, 1.807) is 21.3 Å². The van der Waals surface area contributed by atoms with E-state index in [0.29, 0.717) is 5.92 Å². The lowest BCUT2D eigenvalue weighted by atomic mass is 9.88. The Bertz CT molecular complexity index is 400. The van der Waals surface area contributed by atoms with Gasteiger partial charge in [0.25, 0.3) is 0 Å². The first kappa shape index (κ1) is 13.0. The van der Waals surface area contributed by atoms with Crippen molar-refractivity contribution in [1.82, 2.24) is 5.32 Å². The zero-order valence-electron chi connectivity index (χ0n) is 11.3. The van der Waals surface area contributed by atoms with Gasteiger partial charge in [-0.2, -0.15) is 0 Å². The monoisotopic (exact) mass is 251 g/mol. The van der Waals surface area contributed by atoms with Crippen LogP contribution in [0.25, 0.3) is 0 Å². The van der Waals surface area contributed by atoms with E-state index in [0.717, 1.165) is 48.7 Å². The Morgan fingerprint density at radius 3 is 2.11 bits per heavy atom. The van der Waals surface area contributed by atoms with Crippen molar-refractivity contribution in [2.75, 3.05) is 34.4 Å². The number of rotatable bonds is 4. The zero-order valence-corrected chi connectivity index (χ0v) is 11.3. The van der Waals surface area contributed by atoms with E-state index in [2.05, 4.69) is 5.32 Å². The van der Waals surface area contributed by atoms with Crippen molar-refractivity contribution < 1.29 is 14.2 Å². The molecular formula is C14H21NO3. The molecule has 0 unspecified atom stereocenters. The smallest absolute Gasteiger partial charge is 0.167 e. The van der Waals surface area contributed by atoms with Crippen molar-refractivity contribution in [2.24, 2.45) is 0 Å². The molecular weight excluding hydrogens is 230 g/mol. The van der Waals surface area contributed by atoms with Crippen LogP contribution in [0, 0.1) is 0 Å². The Hall–Kier alpha value is -1.42. The second kappa shape index (κ2) is 5.96. The Balaban J connectivity index is 2.45. The lowest BCUT2D eigenvalue weighted by Crippen LogP contribution is -2.27. The molecule has 0 aliphatic carbocycles. The highest BCUT2D eigenvalue weighted by Crippen LogP contribution is 2.44. The van der Waals surface area contributed by atoms with Gasteiger partial charge < -0.3 is 19.5 Å². The van der Waals surface area contributed by atoms with Crippen LogP contribution in [-0.4, -0.2) is 34.4 Å². The molecule has 2 rings (SSSR count). The van der Waals surface area contributed by atoms with E-state index in [1.807, 2.05) is 12.1 Å². The topological polar surface area (TPSA) is 39.7 Å². The zero-order chi connectivity index (χ0) is 13.0. The number of nitrogens with one attached hydrogen (secondary N) is 1. The van der Waals surface area contributed by atoms with Gasteiger partial charge in [-0.3, -0.25) is 0 Å². The van der Waals surface area contributed by atoms with Crippen LogP contribution in [0.3, 0.4) is 0 Å². The van der Waals surface area contributed by atoms with Crippen LogP contribution in [0.2, 0.25) is 0 Å². The molecule has 1 heterocycles. The van der Waals surface area contributed by atoms with E-state index >= 15 is 0 Å². The fraction of sp³-hybridized carbons (Fsp3) is 0.571. The van der Waals surface area contributed by atoms with Crippen molar-refractivity contribution in [1.29, 1.82) is 0 Å². The van der Waals surface area contributed by atoms with Crippen molar-refractivity contribution in [3.05, 3.63) is 17.7 Å². The minimum absolute atomic E-state index is 0.464. The molecule has 1 aliphatic heterocycles. The second-order valence-corrected chi connectivity index (χ2v) is 4.44. The SMILES string of the molecule is COc1ccc(OC)c(C2CCNCC2)c1OC. The molecule has 4 heteroatoms. The van der Waals surface area contributed by atoms with Gasteiger partial charge in [-0.15, -0.1) is 0 Å². The summed E-state index contributed by atoms with van der Waals surface area (Å²) in [6.45, 7) is 2.07. The quantitative estimate of drug-likeness (QED) is 0.890. The van der Waals surface area contributed by atoms with Gasteiger partial charge in [0.05, 0.1) is 21.3 Å². The Morgan fingerprint density at radius 1 is 0.944 bits per heavy atom. The molecule has 1 aromatic carbocycles. The minimum atomic E-state index is 0.464. The molecule has 100 valence electrons. The van der Waals surface area contributed by atoms with Crippen LogP contribution >= 0.6 is 0 Å². The number of hydrogen-bond acceptors (Lipinski definition) is 4. The Labute approximate surface area is 108 Å². The van der Waals surface area contributed by atoms with E-state index < -0.39 is 0 Å². The van der Waals surface area contributed by atoms with Crippen molar-refractivity contribution in [3.8, 4) is 17.2 Å². The maximum Gasteiger partial charge on any atom is 0.167 e. The lowest BCUT2D eigenvalue weighted by Gasteiger charge is -2.27. The van der Waals surface area contributed by atoms with Crippen molar-refractivity contribution >= 4 is 0 Å². The summed E-state index contributed by atoms with van der Waals surface area (Å²) in [7, 11) is 5.05. The van der Waals surface area contributed by atoms with E-state index in [1.165, 1.54) is 0 Å². The third-order valence-corrected chi connectivity index (χ3v) is 3.51. The molecule has 1 aromatic rings. The first-order chi connectivity index (χ1) is 8.81. The molecule has 1 fully saturated rings. The third kappa shape index (κ3) is 2.38. The first-order valence-electron chi connectivity index (χ1n) is 6.31. The largest absolute Gasteiger partial charge is 0.496 e. The molecule has 0 radical (unpaired) electrons. The molecule has 18 heavy (non-hydrogen) atoms. The second-order valence-electron chi connectivity index (χ2n) is 4.44. The van der Waals surface area contributed by atoms with Gasteiger partial charge >= 0.3 is 0 Å². The van der Waals surface area contributed by atoms with Gasteiger partial charge in [0, 0.05) is 5.56 Å². The van der Waals surface area contributed by atoms with Gasteiger partial charge in [-0.25, -0.2) is 0 Å². The van der Waals surface area contributed by atoms with Crippen LogP contribution < -0.4 is 19.5 Å². The van der Waals surface area contributed by atoms with Crippen LogP contribution in [-0.2, 0) is 0 Å². The summed E-state index contributed by atoms with van der Waals surface area (Å²) in [5.74, 6) is 2.93. The standard InChI is InChI=1S/C14H21NO3/c1-16-11-4-5-12(17-2)14(18-3)13(11)10-6-8-15-9-7-10/h4-5,10,15H,6-9H2,1-3H3. The molecule has 1 saturated heterocycles. The number of methoxy groups -OCH3 is 3. The molecule has 1 N–H and O–H groups in total. The molecule has 1 aliphatic rings. The van der Waals surface area contributed by atoms with E-state index in [-0.39, 0.29) is 0 Å². The van der Waals surface area contributed by atoms with Crippen molar-refractivity contribution in [2.45, 2.75) is 18.8 Å². The maximum absolute atomic E-state index is 5.54. The van der Waals surface area contributed by atoms with Crippen molar-refractivity contribution in [3.63, 3.8) is 0 Å². The highest BCUT2D eigenvalue weighted by Gasteiger charge is 2.25. The van der Waals surface area contributed by atoms with Crippen LogP contribution in [0.4, 0.5) is 0 Å². The van der Waals surface area contributed by atoms with Gasteiger partial charge in [-0.05, 0) is 44.0 Å². The lowest BCUT2D eigenvalue weighted by molar-refractivity contribution is 0.332.